The fraction of sp³-hybridized carbons (Fsp3) is 0.471. The van der Waals surface area contributed by atoms with Crippen LogP contribution in [0.5, 0.6) is 0 Å². The minimum Gasteiger partial charge on any atom is -0.339 e. The number of nitrogens with zero attached hydrogens (tertiary/aromatic N) is 6. The van der Waals surface area contributed by atoms with Gasteiger partial charge < -0.3 is 9.80 Å². The Balaban J connectivity index is 1.60. The van der Waals surface area contributed by atoms with E-state index in [4.69, 9.17) is 11.6 Å². The number of carbonyl (C=O) groups is 2. The summed E-state index contributed by atoms with van der Waals surface area (Å²) in [6.07, 6.45) is -0.101. The summed E-state index contributed by atoms with van der Waals surface area (Å²) in [5.41, 5.74) is 0.199. The molecule has 8 nitrogen and oxygen atoms in total. The van der Waals surface area contributed by atoms with Crippen molar-refractivity contribution in [1.82, 2.24) is 30.0 Å². The second-order valence-corrected chi connectivity index (χ2v) is 6.94. The van der Waals surface area contributed by atoms with Gasteiger partial charge in [0.2, 0.25) is 11.8 Å². The average molecular weight is 395 g/mol. The number of benzene rings is 1. The molecule has 0 N–H and O–H groups in total. The van der Waals surface area contributed by atoms with Gasteiger partial charge in [0.15, 0.2) is 0 Å². The Bertz CT molecular complexity index is 837. The molecule has 144 valence electrons. The van der Waals surface area contributed by atoms with Crippen LogP contribution in [0.4, 0.5) is 4.39 Å². The van der Waals surface area contributed by atoms with E-state index in [0.717, 1.165) is 0 Å². The lowest BCUT2D eigenvalue weighted by Crippen LogP contribution is -2.56. The first-order valence-corrected chi connectivity index (χ1v) is 8.97. The van der Waals surface area contributed by atoms with Crippen molar-refractivity contribution in [1.29, 1.82) is 0 Å². The van der Waals surface area contributed by atoms with E-state index in [9.17, 15) is 14.0 Å². The third-order valence-corrected chi connectivity index (χ3v) is 5.04. The molecule has 1 aromatic carbocycles. The highest BCUT2D eigenvalue weighted by atomic mass is 35.5. The van der Waals surface area contributed by atoms with E-state index in [1.807, 2.05) is 6.92 Å². The molecular formula is C17H20ClFN6O2. The van der Waals surface area contributed by atoms with Gasteiger partial charge in [0.05, 0.1) is 6.42 Å². The fourth-order valence-electron chi connectivity index (χ4n) is 3.13. The zero-order valence-corrected chi connectivity index (χ0v) is 15.9. The smallest absolute Gasteiger partial charge is 0.244 e. The Morgan fingerprint density at radius 2 is 2.07 bits per heavy atom. The minimum atomic E-state index is -0.491. The van der Waals surface area contributed by atoms with Gasteiger partial charge in [-0.25, -0.2) is 9.07 Å². The van der Waals surface area contributed by atoms with E-state index in [-0.39, 0.29) is 41.4 Å². The second-order valence-electron chi connectivity index (χ2n) is 6.54. The van der Waals surface area contributed by atoms with Gasteiger partial charge >= 0.3 is 0 Å². The van der Waals surface area contributed by atoms with Gasteiger partial charge in [0, 0.05) is 36.3 Å². The van der Waals surface area contributed by atoms with Crippen molar-refractivity contribution in [2.45, 2.75) is 32.9 Å². The topological polar surface area (TPSA) is 84.2 Å². The van der Waals surface area contributed by atoms with Crippen LogP contribution < -0.4 is 0 Å². The van der Waals surface area contributed by atoms with Crippen molar-refractivity contribution in [3.05, 3.63) is 40.4 Å². The highest BCUT2D eigenvalue weighted by molar-refractivity contribution is 6.31. The number of tetrazole rings is 1. The maximum absolute atomic E-state index is 13.9. The Morgan fingerprint density at radius 1 is 1.30 bits per heavy atom. The summed E-state index contributed by atoms with van der Waals surface area (Å²) in [5, 5.41) is 11.3. The molecule has 3 rings (SSSR count). The minimum absolute atomic E-state index is 0.0575. The van der Waals surface area contributed by atoms with E-state index in [1.54, 1.807) is 22.8 Å². The summed E-state index contributed by atoms with van der Waals surface area (Å²) >= 11 is 6.00. The van der Waals surface area contributed by atoms with Crippen LogP contribution in [-0.2, 0) is 22.6 Å². The Labute approximate surface area is 160 Å². The zero-order chi connectivity index (χ0) is 19.6. The molecule has 2 heterocycles. The zero-order valence-electron chi connectivity index (χ0n) is 15.1. The van der Waals surface area contributed by atoms with Gasteiger partial charge in [-0.3, -0.25) is 9.59 Å². The first kappa shape index (κ1) is 19.2. The van der Waals surface area contributed by atoms with E-state index >= 15 is 0 Å². The highest BCUT2D eigenvalue weighted by Gasteiger charge is 2.30. The number of carbonyl (C=O) groups excluding carboxylic acids is 2. The highest BCUT2D eigenvalue weighted by Crippen LogP contribution is 2.21. The molecule has 27 heavy (non-hydrogen) atoms. The quantitative estimate of drug-likeness (QED) is 0.774. The Kier molecular flexibility index (Phi) is 5.69. The summed E-state index contributed by atoms with van der Waals surface area (Å²) in [6, 6.07) is 4.19. The molecule has 0 spiro atoms. The Morgan fingerprint density at radius 3 is 2.70 bits per heavy atom. The van der Waals surface area contributed by atoms with Crippen LogP contribution in [0.2, 0.25) is 5.02 Å². The molecule has 1 saturated heterocycles. The third-order valence-electron chi connectivity index (χ3n) is 4.69. The number of amides is 2. The van der Waals surface area contributed by atoms with Gasteiger partial charge in [-0.05, 0) is 36.4 Å². The monoisotopic (exact) mass is 394 g/mol. The molecule has 0 radical (unpaired) electrons. The largest absolute Gasteiger partial charge is 0.339 e. The van der Waals surface area contributed by atoms with Crippen LogP contribution in [0.25, 0.3) is 0 Å². The van der Waals surface area contributed by atoms with Crippen LogP contribution >= 0.6 is 11.6 Å². The molecule has 1 atom stereocenters. The molecule has 0 aliphatic carbocycles. The summed E-state index contributed by atoms with van der Waals surface area (Å²) in [7, 11) is 0. The van der Waals surface area contributed by atoms with Crippen molar-refractivity contribution < 1.29 is 14.0 Å². The molecule has 1 aliphatic heterocycles. The molecule has 1 fully saturated rings. The summed E-state index contributed by atoms with van der Waals surface area (Å²) in [4.78, 5) is 28.4. The van der Waals surface area contributed by atoms with Gasteiger partial charge in [-0.1, -0.05) is 17.7 Å². The van der Waals surface area contributed by atoms with E-state index in [2.05, 4.69) is 15.5 Å². The number of aromatic nitrogens is 4. The van der Waals surface area contributed by atoms with Gasteiger partial charge in [-0.15, -0.1) is 5.10 Å². The van der Waals surface area contributed by atoms with E-state index in [1.165, 1.54) is 16.8 Å². The van der Waals surface area contributed by atoms with Crippen molar-refractivity contribution in [2.24, 2.45) is 0 Å². The summed E-state index contributed by atoms with van der Waals surface area (Å²) in [5.74, 6) is -0.250. The number of halogens is 2. The molecule has 1 aliphatic rings. The second kappa shape index (κ2) is 7.99. The lowest BCUT2D eigenvalue weighted by molar-refractivity contribution is -0.142. The lowest BCUT2D eigenvalue weighted by Gasteiger charge is -2.40. The molecule has 0 bridgehead atoms. The van der Waals surface area contributed by atoms with Crippen LogP contribution in [0.3, 0.4) is 0 Å². The van der Waals surface area contributed by atoms with E-state index in [0.29, 0.717) is 25.5 Å². The standard InChI is InChI=1S/C17H20ClFN6O2/c1-11-9-23(16(26)8-13-14(18)4-3-5-15(13)19)6-7-24(11)17(27)10-25-12(2)20-21-22-25/h3-5,11H,6-10H2,1-2H3/t11-/m1/s1. The van der Waals surface area contributed by atoms with Crippen LogP contribution in [0, 0.1) is 12.7 Å². The predicted octanol–water partition coefficient (Wildman–Crippen LogP) is 1.08. The van der Waals surface area contributed by atoms with Gasteiger partial charge in [0.25, 0.3) is 0 Å². The Hall–Kier alpha value is -2.55. The number of hydrogen-bond acceptors (Lipinski definition) is 5. The van der Waals surface area contributed by atoms with Crippen molar-refractivity contribution in [3.63, 3.8) is 0 Å². The predicted molar refractivity (Wildman–Crippen MR) is 95.4 cm³/mol. The summed E-state index contributed by atoms with van der Waals surface area (Å²) < 4.78 is 15.3. The number of aryl methyl sites for hydroxylation is 1. The molecule has 2 aromatic rings. The normalized spacial score (nSPS) is 17.3. The first-order valence-electron chi connectivity index (χ1n) is 8.59. The molecule has 0 saturated carbocycles. The van der Waals surface area contributed by atoms with Crippen molar-refractivity contribution in [3.8, 4) is 0 Å². The maximum atomic E-state index is 13.9. The fourth-order valence-corrected chi connectivity index (χ4v) is 3.36. The van der Waals surface area contributed by atoms with Gasteiger partial charge in [0.1, 0.15) is 18.2 Å². The number of hydrogen-bond donors (Lipinski definition) is 0. The van der Waals surface area contributed by atoms with E-state index < -0.39 is 5.82 Å². The van der Waals surface area contributed by atoms with Crippen LogP contribution in [-0.4, -0.2) is 67.5 Å². The van der Waals surface area contributed by atoms with Crippen LogP contribution in [0.1, 0.15) is 18.3 Å². The van der Waals surface area contributed by atoms with Crippen molar-refractivity contribution >= 4 is 23.4 Å². The maximum Gasteiger partial charge on any atom is 0.244 e. The molecule has 10 heteroatoms. The molecule has 1 aromatic heterocycles. The first-order chi connectivity index (χ1) is 12.9. The van der Waals surface area contributed by atoms with Crippen molar-refractivity contribution in [2.75, 3.05) is 19.6 Å². The molecule has 2 amide bonds. The third kappa shape index (κ3) is 4.24. The van der Waals surface area contributed by atoms with Gasteiger partial charge in [-0.2, -0.15) is 0 Å². The molecule has 0 unspecified atom stereocenters. The van der Waals surface area contributed by atoms with Crippen LogP contribution in [0.15, 0.2) is 18.2 Å². The summed E-state index contributed by atoms with van der Waals surface area (Å²) in [6.45, 7) is 4.82. The molecular weight excluding hydrogens is 375 g/mol. The lowest BCUT2D eigenvalue weighted by atomic mass is 10.1. The SMILES string of the molecule is Cc1nnnn1CC(=O)N1CCN(C(=O)Cc2c(F)cccc2Cl)C[C@H]1C. The average Bonchev–Trinajstić information content (AvgIpc) is 3.02. The number of rotatable bonds is 4. The number of piperazine rings is 1.